The van der Waals surface area contributed by atoms with E-state index in [1.54, 1.807) is 12.1 Å². The Kier molecular flexibility index (Phi) is 8.59. The van der Waals surface area contributed by atoms with E-state index in [0.717, 1.165) is 38.4 Å². The summed E-state index contributed by atoms with van der Waals surface area (Å²) in [5.41, 5.74) is 2.33. The number of thioether (sulfide) groups is 1. The molecule has 0 unspecified atom stereocenters. The highest BCUT2D eigenvalue weighted by atomic mass is 35.5. The molecule has 174 valence electrons. The van der Waals surface area contributed by atoms with E-state index in [1.807, 2.05) is 30.3 Å². The number of nitrogens with zero attached hydrogens (tertiary/aromatic N) is 3. The molecule has 0 spiro atoms. The Morgan fingerprint density at radius 1 is 1.09 bits per heavy atom. The van der Waals surface area contributed by atoms with Crippen molar-refractivity contribution in [3.63, 3.8) is 0 Å². The number of carbonyl (C=O) groups excluding carboxylic acids is 1. The summed E-state index contributed by atoms with van der Waals surface area (Å²) in [4.78, 5) is 14.7. The highest BCUT2D eigenvalue weighted by Crippen LogP contribution is 2.24. The molecule has 0 saturated carbocycles. The summed E-state index contributed by atoms with van der Waals surface area (Å²) >= 11 is 7.25. The lowest BCUT2D eigenvalue weighted by Crippen LogP contribution is -2.36. The van der Waals surface area contributed by atoms with Crippen LogP contribution in [0.1, 0.15) is 17.0 Å². The maximum Gasteiger partial charge on any atom is 0.277 e. The van der Waals surface area contributed by atoms with Gasteiger partial charge in [-0.2, -0.15) is 0 Å². The highest BCUT2D eigenvalue weighted by Gasteiger charge is 2.14. The second-order valence-corrected chi connectivity index (χ2v) is 8.74. The Morgan fingerprint density at radius 3 is 2.67 bits per heavy atom. The van der Waals surface area contributed by atoms with Crippen molar-refractivity contribution in [2.75, 3.05) is 32.1 Å². The van der Waals surface area contributed by atoms with E-state index in [9.17, 15) is 4.79 Å². The fourth-order valence-corrected chi connectivity index (χ4v) is 4.11. The molecule has 4 rings (SSSR count). The third-order valence-corrected chi connectivity index (χ3v) is 6.19. The summed E-state index contributed by atoms with van der Waals surface area (Å²) < 4.78 is 16.5. The van der Waals surface area contributed by atoms with Gasteiger partial charge < -0.3 is 19.2 Å². The molecular formula is C23H25ClN4O4S. The van der Waals surface area contributed by atoms with Crippen molar-refractivity contribution in [1.29, 1.82) is 0 Å². The number of hydrogen-bond acceptors (Lipinski definition) is 8. The molecule has 1 N–H and O–H groups in total. The van der Waals surface area contributed by atoms with Gasteiger partial charge in [-0.05, 0) is 23.3 Å². The lowest BCUT2D eigenvalue weighted by atomic mass is 10.1. The van der Waals surface area contributed by atoms with Crippen molar-refractivity contribution in [2.24, 2.45) is 0 Å². The maximum atomic E-state index is 12.4. The zero-order valence-corrected chi connectivity index (χ0v) is 19.6. The number of ether oxygens (including phenoxy) is 2. The summed E-state index contributed by atoms with van der Waals surface area (Å²) in [6.45, 7) is 4.80. The van der Waals surface area contributed by atoms with Crippen LogP contribution in [0.25, 0.3) is 0 Å². The molecule has 2 aromatic carbocycles. The number of benzene rings is 2. The number of halogens is 1. The van der Waals surface area contributed by atoms with Gasteiger partial charge in [-0.1, -0.05) is 59.8 Å². The predicted molar refractivity (Wildman–Crippen MR) is 125 cm³/mol. The highest BCUT2D eigenvalue weighted by molar-refractivity contribution is 7.99. The van der Waals surface area contributed by atoms with Crippen LogP contribution >= 0.6 is 23.4 Å². The van der Waals surface area contributed by atoms with Gasteiger partial charge in [-0.25, -0.2) is 0 Å². The average molecular weight is 489 g/mol. The van der Waals surface area contributed by atoms with Crippen molar-refractivity contribution >= 4 is 29.3 Å². The van der Waals surface area contributed by atoms with E-state index in [-0.39, 0.29) is 18.3 Å². The van der Waals surface area contributed by atoms with Crippen LogP contribution < -0.4 is 10.1 Å². The second-order valence-electron chi connectivity index (χ2n) is 7.40. The van der Waals surface area contributed by atoms with Gasteiger partial charge >= 0.3 is 0 Å². The summed E-state index contributed by atoms with van der Waals surface area (Å²) in [6.07, 6.45) is 0. The number of morpholine rings is 1. The number of rotatable bonds is 10. The average Bonchev–Trinajstić information content (AvgIpc) is 3.30. The number of nitrogens with one attached hydrogen (secondary N) is 1. The van der Waals surface area contributed by atoms with Crippen LogP contribution in [0.3, 0.4) is 0 Å². The van der Waals surface area contributed by atoms with Crippen LogP contribution in [0.5, 0.6) is 5.75 Å². The Morgan fingerprint density at radius 2 is 1.85 bits per heavy atom. The Bertz CT molecular complexity index is 1060. The molecular weight excluding hydrogens is 464 g/mol. The molecule has 0 bridgehead atoms. The summed E-state index contributed by atoms with van der Waals surface area (Å²) in [5, 5.41) is 11.7. The first kappa shape index (κ1) is 23.6. The van der Waals surface area contributed by atoms with Crippen molar-refractivity contribution in [1.82, 2.24) is 20.4 Å². The minimum Gasteiger partial charge on any atom is -0.482 e. The first-order chi connectivity index (χ1) is 16.2. The van der Waals surface area contributed by atoms with Crippen molar-refractivity contribution < 1.29 is 18.7 Å². The SMILES string of the molecule is O=C(CSc1nnc(COc2ccccc2Cl)o1)NCc1ccccc1CN1CCOCC1. The molecule has 10 heteroatoms. The molecule has 33 heavy (non-hydrogen) atoms. The van der Waals surface area contributed by atoms with Crippen LogP contribution in [0.2, 0.25) is 5.02 Å². The molecule has 0 radical (unpaired) electrons. The van der Waals surface area contributed by atoms with Gasteiger partial charge in [-0.15, -0.1) is 10.2 Å². The van der Waals surface area contributed by atoms with Crippen LogP contribution in [-0.2, 0) is 29.2 Å². The van der Waals surface area contributed by atoms with Crippen molar-refractivity contribution in [2.45, 2.75) is 24.9 Å². The largest absolute Gasteiger partial charge is 0.482 e. The maximum absolute atomic E-state index is 12.4. The molecule has 1 aromatic heterocycles. The van der Waals surface area contributed by atoms with E-state index in [4.69, 9.17) is 25.5 Å². The number of para-hydroxylation sites is 1. The first-order valence-corrected chi connectivity index (χ1v) is 12.0. The number of aromatic nitrogens is 2. The minimum atomic E-state index is -0.103. The van der Waals surface area contributed by atoms with Gasteiger partial charge in [0.15, 0.2) is 6.61 Å². The lowest BCUT2D eigenvalue weighted by Gasteiger charge is -2.27. The lowest BCUT2D eigenvalue weighted by molar-refractivity contribution is -0.118. The summed E-state index contributed by atoms with van der Waals surface area (Å²) in [5.74, 6) is 0.932. The zero-order chi connectivity index (χ0) is 22.9. The summed E-state index contributed by atoms with van der Waals surface area (Å²) in [7, 11) is 0. The topological polar surface area (TPSA) is 89.7 Å². The molecule has 2 heterocycles. The van der Waals surface area contributed by atoms with Crippen molar-refractivity contribution in [3.8, 4) is 5.75 Å². The van der Waals surface area contributed by atoms with Gasteiger partial charge in [0, 0.05) is 26.2 Å². The Hall–Kier alpha value is -2.59. The van der Waals surface area contributed by atoms with Crippen molar-refractivity contribution in [3.05, 3.63) is 70.6 Å². The number of carbonyl (C=O) groups is 1. The fraction of sp³-hybridized carbons (Fsp3) is 0.348. The zero-order valence-electron chi connectivity index (χ0n) is 18.0. The van der Waals surface area contributed by atoms with E-state index < -0.39 is 0 Å². The quantitative estimate of drug-likeness (QED) is 0.433. The normalized spacial score (nSPS) is 14.2. The van der Waals surface area contributed by atoms with Gasteiger partial charge in [0.25, 0.3) is 11.1 Å². The third-order valence-electron chi connectivity index (χ3n) is 5.05. The van der Waals surface area contributed by atoms with Crippen LogP contribution in [-0.4, -0.2) is 53.1 Å². The summed E-state index contributed by atoms with van der Waals surface area (Å²) in [6, 6.07) is 15.3. The van der Waals surface area contributed by atoms with Crippen LogP contribution in [0.4, 0.5) is 0 Å². The molecule has 3 aromatic rings. The molecule has 0 atom stereocenters. The van der Waals surface area contributed by atoms with Gasteiger partial charge in [0.1, 0.15) is 5.75 Å². The van der Waals surface area contributed by atoms with E-state index >= 15 is 0 Å². The first-order valence-electron chi connectivity index (χ1n) is 10.6. The molecule has 1 saturated heterocycles. The van der Waals surface area contributed by atoms with Gasteiger partial charge in [0.2, 0.25) is 5.91 Å². The second kappa shape index (κ2) is 12.0. The van der Waals surface area contributed by atoms with E-state index in [2.05, 4.69) is 26.5 Å². The monoisotopic (exact) mass is 488 g/mol. The Labute approximate surface area is 201 Å². The molecule has 1 amide bonds. The van der Waals surface area contributed by atoms with Gasteiger partial charge in [0.05, 0.1) is 24.0 Å². The molecule has 8 nitrogen and oxygen atoms in total. The molecule has 1 aliphatic rings. The van der Waals surface area contributed by atoms with Gasteiger partial charge in [-0.3, -0.25) is 9.69 Å². The Balaban J connectivity index is 1.21. The molecule has 1 fully saturated rings. The fourth-order valence-electron chi connectivity index (χ4n) is 3.31. The molecule has 1 aliphatic heterocycles. The predicted octanol–water partition coefficient (Wildman–Crippen LogP) is 3.54. The van der Waals surface area contributed by atoms with Crippen LogP contribution in [0, 0.1) is 0 Å². The number of hydrogen-bond donors (Lipinski definition) is 1. The van der Waals surface area contributed by atoms with E-state index in [0.29, 0.717) is 28.4 Å². The smallest absolute Gasteiger partial charge is 0.277 e. The minimum absolute atomic E-state index is 0.101. The number of amides is 1. The third kappa shape index (κ3) is 7.20. The van der Waals surface area contributed by atoms with E-state index in [1.165, 1.54) is 17.3 Å². The standard InChI is InChI=1S/C23H25ClN4O4S/c24-19-7-3-4-8-20(19)31-15-22-26-27-23(32-22)33-16-21(29)25-13-17-5-1-2-6-18(17)14-28-9-11-30-12-10-28/h1-8H,9-16H2,(H,25,29). The van der Waals surface area contributed by atoms with Crippen LogP contribution in [0.15, 0.2) is 58.2 Å². The molecule has 0 aliphatic carbocycles.